The second kappa shape index (κ2) is 7.02. The lowest BCUT2D eigenvalue weighted by molar-refractivity contribution is -0.162. The van der Waals surface area contributed by atoms with Crippen LogP contribution < -0.4 is 0 Å². The predicted molar refractivity (Wildman–Crippen MR) is 80.5 cm³/mol. The molecule has 1 aliphatic rings. The molecule has 0 aromatic rings. The number of aliphatic hydroxyl groups is 2. The normalized spacial score (nSPS) is 23.3. The van der Waals surface area contributed by atoms with Gasteiger partial charge in [-0.1, -0.05) is 0 Å². The maximum atomic E-state index is 12.4. The Morgan fingerprint density at radius 1 is 1.35 bits per heavy atom. The molecule has 0 radical (unpaired) electrons. The van der Waals surface area contributed by atoms with Gasteiger partial charge in [0.05, 0.1) is 19.3 Å². The highest BCUT2D eigenvalue weighted by molar-refractivity contribution is 5.75. The molecule has 3 atom stereocenters. The van der Waals surface area contributed by atoms with Crippen LogP contribution in [-0.4, -0.2) is 70.0 Å². The number of carbonyl (C=O) groups is 2. The molecule has 0 aliphatic carbocycles. The van der Waals surface area contributed by atoms with Crippen molar-refractivity contribution in [1.29, 1.82) is 0 Å². The largest absolute Gasteiger partial charge is 0.464 e. The van der Waals surface area contributed by atoms with Crippen LogP contribution in [-0.2, 0) is 19.0 Å². The van der Waals surface area contributed by atoms with Crippen LogP contribution in [0.5, 0.6) is 0 Å². The fraction of sp³-hybridized carbons (Fsp3) is 0.867. The van der Waals surface area contributed by atoms with E-state index in [-0.39, 0.29) is 13.2 Å². The smallest absolute Gasteiger partial charge is 0.412 e. The first kappa shape index (κ1) is 19.7. The quantitative estimate of drug-likeness (QED) is 0.727. The van der Waals surface area contributed by atoms with Gasteiger partial charge in [0.2, 0.25) is 0 Å². The Balaban J connectivity index is 2.95. The average Bonchev–Trinajstić information content (AvgIpc) is 2.71. The number of hydrogen-bond donors (Lipinski definition) is 2. The summed E-state index contributed by atoms with van der Waals surface area (Å²) >= 11 is 0. The van der Waals surface area contributed by atoms with Gasteiger partial charge in [-0.3, -0.25) is 4.90 Å². The number of ether oxygens (including phenoxy) is 3. The van der Waals surface area contributed by atoms with Crippen LogP contribution in [0, 0.1) is 0 Å². The molecule has 8 nitrogen and oxygen atoms in total. The monoisotopic (exact) mass is 333 g/mol. The molecule has 23 heavy (non-hydrogen) atoms. The summed E-state index contributed by atoms with van der Waals surface area (Å²) in [6.45, 7) is 10.1. The van der Waals surface area contributed by atoms with Crippen molar-refractivity contribution in [2.75, 3.05) is 13.2 Å². The standard InChI is InChI=1S/C15H27NO7/c1-7-21-12(19)11(18)10(17)9-8-22-15(5,6)16(9)13(20)23-14(2,3)4/h9-11,17-18H,7-8H2,1-6H3/t9-,10-,11-/m0/s1. The fourth-order valence-electron chi connectivity index (χ4n) is 2.33. The van der Waals surface area contributed by atoms with Gasteiger partial charge in [-0.2, -0.15) is 0 Å². The number of nitrogens with zero attached hydrogens (tertiary/aromatic N) is 1. The number of rotatable bonds is 4. The highest BCUT2D eigenvalue weighted by Gasteiger charge is 2.50. The van der Waals surface area contributed by atoms with E-state index in [1.54, 1.807) is 41.5 Å². The molecule has 2 N–H and O–H groups in total. The van der Waals surface area contributed by atoms with Gasteiger partial charge in [-0.15, -0.1) is 0 Å². The van der Waals surface area contributed by atoms with Gasteiger partial charge >= 0.3 is 12.1 Å². The van der Waals surface area contributed by atoms with Crippen molar-refractivity contribution in [2.24, 2.45) is 0 Å². The van der Waals surface area contributed by atoms with Crippen LogP contribution in [0.25, 0.3) is 0 Å². The van der Waals surface area contributed by atoms with E-state index in [1.807, 2.05) is 0 Å². The van der Waals surface area contributed by atoms with E-state index in [1.165, 1.54) is 4.90 Å². The van der Waals surface area contributed by atoms with E-state index >= 15 is 0 Å². The minimum Gasteiger partial charge on any atom is -0.464 e. The van der Waals surface area contributed by atoms with Crippen LogP contribution >= 0.6 is 0 Å². The second-order valence-corrected chi connectivity index (χ2v) is 6.86. The van der Waals surface area contributed by atoms with Crippen LogP contribution in [0.15, 0.2) is 0 Å². The van der Waals surface area contributed by atoms with Crippen molar-refractivity contribution < 1.29 is 34.0 Å². The zero-order valence-corrected chi connectivity index (χ0v) is 14.5. The summed E-state index contributed by atoms with van der Waals surface area (Å²) in [5.74, 6) is -0.950. The third kappa shape index (κ3) is 4.79. The maximum Gasteiger partial charge on any atom is 0.412 e. The molecule has 0 aromatic heterocycles. The summed E-state index contributed by atoms with van der Waals surface area (Å²) in [7, 11) is 0. The first-order chi connectivity index (χ1) is 10.4. The first-order valence-electron chi connectivity index (χ1n) is 7.59. The topological polar surface area (TPSA) is 106 Å². The summed E-state index contributed by atoms with van der Waals surface area (Å²) in [5.41, 5.74) is -1.77. The molecule has 1 rings (SSSR count). The number of aliphatic hydroxyl groups excluding tert-OH is 2. The maximum absolute atomic E-state index is 12.4. The molecule has 1 heterocycles. The number of esters is 1. The van der Waals surface area contributed by atoms with Crippen LogP contribution in [0.1, 0.15) is 41.5 Å². The SMILES string of the molecule is CCOC(=O)[C@@H](O)[C@@H](O)[C@@H]1COC(C)(C)N1C(=O)OC(C)(C)C. The molecule has 134 valence electrons. The van der Waals surface area contributed by atoms with Crippen molar-refractivity contribution in [3.8, 4) is 0 Å². The lowest BCUT2D eigenvalue weighted by atomic mass is 10.0. The van der Waals surface area contributed by atoms with Crippen molar-refractivity contribution >= 4 is 12.1 Å². The van der Waals surface area contributed by atoms with Crippen LogP contribution in [0.4, 0.5) is 4.79 Å². The zero-order valence-electron chi connectivity index (χ0n) is 14.5. The summed E-state index contributed by atoms with van der Waals surface area (Å²) in [6.07, 6.45) is -4.02. The van der Waals surface area contributed by atoms with E-state index < -0.39 is 41.6 Å². The Bertz CT molecular complexity index is 444. The zero-order chi connectivity index (χ0) is 18.0. The average molecular weight is 333 g/mol. The van der Waals surface area contributed by atoms with Crippen LogP contribution in [0.3, 0.4) is 0 Å². The van der Waals surface area contributed by atoms with Gasteiger partial charge in [-0.05, 0) is 41.5 Å². The lowest BCUT2D eigenvalue weighted by Crippen LogP contribution is -2.56. The van der Waals surface area contributed by atoms with Gasteiger partial charge in [0.1, 0.15) is 17.4 Å². The Morgan fingerprint density at radius 3 is 2.39 bits per heavy atom. The minimum atomic E-state index is -1.78. The molecule has 0 unspecified atom stereocenters. The highest BCUT2D eigenvalue weighted by atomic mass is 16.6. The van der Waals surface area contributed by atoms with E-state index in [0.29, 0.717) is 0 Å². The Hall–Kier alpha value is -1.38. The van der Waals surface area contributed by atoms with Gasteiger partial charge in [0, 0.05) is 0 Å². The van der Waals surface area contributed by atoms with Crippen molar-refractivity contribution in [1.82, 2.24) is 4.90 Å². The highest BCUT2D eigenvalue weighted by Crippen LogP contribution is 2.31. The number of amides is 1. The molecule has 0 aromatic carbocycles. The van der Waals surface area contributed by atoms with E-state index in [9.17, 15) is 19.8 Å². The molecular weight excluding hydrogens is 306 g/mol. The van der Waals surface area contributed by atoms with Gasteiger partial charge in [-0.25, -0.2) is 9.59 Å². The first-order valence-corrected chi connectivity index (χ1v) is 7.59. The molecule has 1 saturated heterocycles. The Labute approximate surface area is 136 Å². The molecule has 0 spiro atoms. The van der Waals surface area contributed by atoms with E-state index in [0.717, 1.165) is 0 Å². The van der Waals surface area contributed by atoms with E-state index in [4.69, 9.17) is 9.47 Å². The number of hydrogen-bond acceptors (Lipinski definition) is 7. The van der Waals surface area contributed by atoms with E-state index in [2.05, 4.69) is 4.74 Å². The van der Waals surface area contributed by atoms with Crippen molar-refractivity contribution in [3.05, 3.63) is 0 Å². The number of carbonyl (C=O) groups excluding carboxylic acids is 2. The Kier molecular flexibility index (Phi) is 6.00. The van der Waals surface area contributed by atoms with Gasteiger partial charge in [0.25, 0.3) is 0 Å². The second-order valence-electron chi connectivity index (χ2n) is 6.86. The van der Waals surface area contributed by atoms with Crippen molar-refractivity contribution in [3.63, 3.8) is 0 Å². The van der Waals surface area contributed by atoms with Gasteiger partial charge < -0.3 is 24.4 Å². The minimum absolute atomic E-state index is 0.0378. The molecule has 1 amide bonds. The third-order valence-electron chi connectivity index (χ3n) is 3.36. The van der Waals surface area contributed by atoms with Gasteiger partial charge in [0.15, 0.2) is 6.10 Å². The summed E-state index contributed by atoms with van der Waals surface area (Å²) in [4.78, 5) is 25.2. The fourth-order valence-corrected chi connectivity index (χ4v) is 2.33. The predicted octanol–water partition coefficient (Wildman–Crippen LogP) is 0.643. The summed E-state index contributed by atoms with van der Waals surface area (Å²) in [6, 6.07) is -0.931. The molecular formula is C15H27NO7. The summed E-state index contributed by atoms with van der Waals surface area (Å²) in [5, 5.41) is 20.2. The summed E-state index contributed by atoms with van der Waals surface area (Å²) < 4.78 is 15.5. The molecule has 1 aliphatic heterocycles. The van der Waals surface area contributed by atoms with Crippen molar-refractivity contribution in [2.45, 2.75) is 71.1 Å². The molecule has 1 fully saturated rings. The molecule has 0 saturated carbocycles. The Morgan fingerprint density at radius 2 is 1.91 bits per heavy atom. The lowest BCUT2D eigenvalue weighted by Gasteiger charge is -2.37. The molecule has 8 heteroatoms. The van der Waals surface area contributed by atoms with Crippen LogP contribution in [0.2, 0.25) is 0 Å². The third-order valence-corrected chi connectivity index (χ3v) is 3.36. The molecule has 0 bridgehead atoms.